The summed E-state index contributed by atoms with van der Waals surface area (Å²) in [5.41, 5.74) is 7.46. The van der Waals surface area contributed by atoms with Crippen molar-refractivity contribution in [1.29, 1.82) is 0 Å². The summed E-state index contributed by atoms with van der Waals surface area (Å²) in [5.74, 6) is 0. The van der Waals surface area contributed by atoms with E-state index < -0.39 is 5.60 Å². The first-order valence-corrected chi connectivity index (χ1v) is 5.38. The van der Waals surface area contributed by atoms with Gasteiger partial charge in [-0.25, -0.2) is 0 Å². The van der Waals surface area contributed by atoms with Crippen molar-refractivity contribution >= 4 is 5.69 Å². The fourth-order valence-corrected chi connectivity index (χ4v) is 2.14. The van der Waals surface area contributed by atoms with E-state index >= 15 is 0 Å². The van der Waals surface area contributed by atoms with Crippen LogP contribution in [0.15, 0.2) is 24.3 Å². The van der Waals surface area contributed by atoms with Crippen LogP contribution in [0, 0.1) is 0 Å². The number of β-amino-alcohol motifs (C(OH)–C–C–N with tert-alkyl or cyclic N) is 1. The molecule has 1 aromatic rings. The van der Waals surface area contributed by atoms with Gasteiger partial charge in [0, 0.05) is 25.3 Å². The molecule has 1 atom stereocenters. The minimum Gasteiger partial charge on any atom is -0.388 e. The highest BCUT2D eigenvalue weighted by molar-refractivity contribution is 5.54. The quantitative estimate of drug-likeness (QED) is 0.762. The van der Waals surface area contributed by atoms with Gasteiger partial charge in [-0.15, -0.1) is 0 Å². The van der Waals surface area contributed by atoms with E-state index in [0.29, 0.717) is 13.1 Å². The van der Waals surface area contributed by atoms with Crippen molar-refractivity contribution < 1.29 is 5.11 Å². The van der Waals surface area contributed by atoms with Crippen molar-refractivity contribution in [3.05, 3.63) is 29.8 Å². The first kappa shape index (κ1) is 10.5. The Balaban J connectivity index is 2.23. The van der Waals surface area contributed by atoms with Gasteiger partial charge < -0.3 is 15.7 Å². The normalized spacial score (nSPS) is 25.9. The lowest BCUT2D eigenvalue weighted by molar-refractivity contribution is 0.0839. The molecule has 0 bridgehead atoms. The Morgan fingerprint density at radius 2 is 2.20 bits per heavy atom. The van der Waals surface area contributed by atoms with E-state index in [4.69, 9.17) is 5.73 Å². The molecule has 0 saturated carbocycles. The number of nitrogens with zero attached hydrogens (tertiary/aromatic N) is 1. The molecule has 3 heteroatoms. The average molecular weight is 206 g/mol. The molecule has 82 valence electrons. The first-order chi connectivity index (χ1) is 7.12. The van der Waals surface area contributed by atoms with Crippen molar-refractivity contribution in [2.75, 3.05) is 18.0 Å². The topological polar surface area (TPSA) is 49.5 Å². The van der Waals surface area contributed by atoms with Gasteiger partial charge in [0.25, 0.3) is 0 Å². The van der Waals surface area contributed by atoms with Crippen LogP contribution in [0.25, 0.3) is 0 Å². The highest BCUT2D eigenvalue weighted by atomic mass is 16.3. The van der Waals surface area contributed by atoms with Crippen LogP contribution < -0.4 is 10.6 Å². The van der Waals surface area contributed by atoms with Gasteiger partial charge in [-0.05, 0) is 25.0 Å². The third-order valence-corrected chi connectivity index (χ3v) is 3.00. The van der Waals surface area contributed by atoms with Crippen molar-refractivity contribution in [2.24, 2.45) is 5.73 Å². The van der Waals surface area contributed by atoms with E-state index in [9.17, 15) is 5.11 Å². The zero-order valence-electron chi connectivity index (χ0n) is 9.11. The molecule has 3 N–H and O–H groups in total. The third kappa shape index (κ3) is 2.13. The summed E-state index contributed by atoms with van der Waals surface area (Å²) in [7, 11) is 0. The van der Waals surface area contributed by atoms with Crippen LogP contribution in [0.5, 0.6) is 0 Å². The van der Waals surface area contributed by atoms with Gasteiger partial charge in [0.15, 0.2) is 0 Å². The number of anilines is 1. The zero-order valence-corrected chi connectivity index (χ0v) is 9.11. The molecule has 15 heavy (non-hydrogen) atoms. The Labute approximate surface area is 90.5 Å². The fraction of sp³-hybridized carbons (Fsp3) is 0.500. The molecule has 0 aromatic heterocycles. The molecule has 0 radical (unpaired) electrons. The first-order valence-electron chi connectivity index (χ1n) is 5.38. The van der Waals surface area contributed by atoms with E-state index in [-0.39, 0.29) is 0 Å². The van der Waals surface area contributed by atoms with E-state index in [0.717, 1.165) is 24.2 Å². The highest BCUT2D eigenvalue weighted by Gasteiger charge is 2.31. The average Bonchev–Trinajstić information content (AvgIpc) is 2.59. The van der Waals surface area contributed by atoms with E-state index in [1.807, 2.05) is 25.1 Å². The minimum absolute atomic E-state index is 0.550. The minimum atomic E-state index is -0.554. The van der Waals surface area contributed by atoms with Crippen molar-refractivity contribution in [2.45, 2.75) is 25.5 Å². The lowest BCUT2D eigenvalue weighted by Gasteiger charge is -2.23. The number of rotatable bonds is 2. The second kappa shape index (κ2) is 3.83. The van der Waals surface area contributed by atoms with Crippen LogP contribution in [0.4, 0.5) is 5.69 Å². The maximum absolute atomic E-state index is 9.92. The summed E-state index contributed by atoms with van der Waals surface area (Å²) >= 11 is 0. The van der Waals surface area contributed by atoms with Crippen LogP contribution in [0.1, 0.15) is 18.9 Å². The summed E-state index contributed by atoms with van der Waals surface area (Å²) in [6, 6.07) is 8.13. The summed E-state index contributed by atoms with van der Waals surface area (Å²) in [5, 5.41) is 9.92. The van der Waals surface area contributed by atoms with Gasteiger partial charge >= 0.3 is 0 Å². The Morgan fingerprint density at radius 1 is 1.47 bits per heavy atom. The van der Waals surface area contributed by atoms with Gasteiger partial charge in [-0.2, -0.15) is 0 Å². The maximum atomic E-state index is 9.92. The number of hydrogen-bond acceptors (Lipinski definition) is 3. The molecule has 1 saturated heterocycles. The number of hydrogen-bond donors (Lipinski definition) is 2. The molecule has 2 rings (SSSR count). The van der Waals surface area contributed by atoms with Crippen LogP contribution >= 0.6 is 0 Å². The molecule has 1 aromatic carbocycles. The van der Waals surface area contributed by atoms with E-state index in [1.165, 1.54) is 0 Å². The number of para-hydroxylation sites is 1. The maximum Gasteiger partial charge on any atom is 0.0810 e. The fourth-order valence-electron chi connectivity index (χ4n) is 2.14. The summed E-state index contributed by atoms with van der Waals surface area (Å²) in [4.78, 5) is 2.21. The van der Waals surface area contributed by atoms with Crippen LogP contribution in [-0.2, 0) is 6.54 Å². The van der Waals surface area contributed by atoms with E-state index in [1.54, 1.807) is 0 Å². The summed E-state index contributed by atoms with van der Waals surface area (Å²) in [6.45, 7) is 4.04. The second-order valence-corrected chi connectivity index (χ2v) is 4.50. The van der Waals surface area contributed by atoms with Gasteiger partial charge in [0.2, 0.25) is 0 Å². The molecule has 0 amide bonds. The Kier molecular flexibility index (Phi) is 2.67. The summed E-state index contributed by atoms with van der Waals surface area (Å²) < 4.78 is 0. The van der Waals surface area contributed by atoms with Crippen molar-refractivity contribution in [1.82, 2.24) is 0 Å². The molecule has 0 spiro atoms. The van der Waals surface area contributed by atoms with Gasteiger partial charge in [-0.3, -0.25) is 0 Å². The number of benzene rings is 1. The molecular weight excluding hydrogens is 188 g/mol. The molecule has 1 aliphatic heterocycles. The monoisotopic (exact) mass is 206 g/mol. The van der Waals surface area contributed by atoms with E-state index in [2.05, 4.69) is 11.0 Å². The SMILES string of the molecule is CC1(O)CCN(c2ccccc2CN)C1. The Morgan fingerprint density at radius 3 is 2.80 bits per heavy atom. The molecule has 1 heterocycles. The number of nitrogens with two attached hydrogens (primary N) is 1. The smallest absolute Gasteiger partial charge is 0.0810 e. The van der Waals surface area contributed by atoms with Crippen molar-refractivity contribution in [3.8, 4) is 0 Å². The Bertz CT molecular complexity index is 349. The standard InChI is InChI=1S/C12H18N2O/c1-12(15)6-7-14(9-12)11-5-3-2-4-10(11)8-13/h2-5,15H,6-9,13H2,1H3. The predicted octanol–water partition coefficient (Wildman–Crippen LogP) is 1.11. The molecule has 1 aliphatic rings. The van der Waals surface area contributed by atoms with Gasteiger partial charge in [0.05, 0.1) is 5.60 Å². The number of aliphatic hydroxyl groups is 1. The highest BCUT2D eigenvalue weighted by Crippen LogP contribution is 2.28. The second-order valence-electron chi connectivity index (χ2n) is 4.50. The molecule has 3 nitrogen and oxygen atoms in total. The summed E-state index contributed by atoms with van der Waals surface area (Å²) in [6.07, 6.45) is 0.825. The third-order valence-electron chi connectivity index (χ3n) is 3.00. The van der Waals surface area contributed by atoms with Gasteiger partial charge in [0.1, 0.15) is 0 Å². The molecule has 0 aliphatic carbocycles. The molecule has 1 fully saturated rings. The lowest BCUT2D eigenvalue weighted by atomic mass is 10.1. The van der Waals surface area contributed by atoms with Crippen LogP contribution in [0.2, 0.25) is 0 Å². The van der Waals surface area contributed by atoms with Gasteiger partial charge in [-0.1, -0.05) is 18.2 Å². The van der Waals surface area contributed by atoms with Crippen LogP contribution in [-0.4, -0.2) is 23.8 Å². The zero-order chi connectivity index (χ0) is 10.9. The largest absolute Gasteiger partial charge is 0.388 e. The molecule has 1 unspecified atom stereocenters. The lowest BCUT2D eigenvalue weighted by Crippen LogP contribution is -2.30. The predicted molar refractivity (Wildman–Crippen MR) is 61.8 cm³/mol. The van der Waals surface area contributed by atoms with Crippen molar-refractivity contribution in [3.63, 3.8) is 0 Å². The molecular formula is C12H18N2O. The Hall–Kier alpha value is -1.06. The van der Waals surface area contributed by atoms with Crippen LogP contribution in [0.3, 0.4) is 0 Å².